The van der Waals surface area contributed by atoms with E-state index in [0.717, 1.165) is 64.2 Å². The smallest absolute Gasteiger partial charge is 0.391 e. The zero-order chi connectivity index (χ0) is 30.4. The van der Waals surface area contributed by atoms with Gasteiger partial charge in [-0.25, -0.2) is 4.57 Å². The summed E-state index contributed by atoms with van der Waals surface area (Å²) in [6.45, 7) is 4.00. The minimum atomic E-state index is -4.31. The molecule has 0 rings (SSSR count). The minimum Gasteiger partial charge on any atom is -0.391 e. The molecule has 0 aliphatic rings. The van der Waals surface area contributed by atoms with E-state index in [4.69, 9.17) is 14.8 Å². The van der Waals surface area contributed by atoms with E-state index >= 15 is 0 Å². The lowest BCUT2D eigenvalue weighted by atomic mass is 10.0. The molecule has 0 fully saturated rings. The highest BCUT2D eigenvalue weighted by Crippen LogP contribution is 2.43. The van der Waals surface area contributed by atoms with E-state index < -0.39 is 20.0 Å². The van der Waals surface area contributed by atoms with Crippen LogP contribution < -0.4 is 11.1 Å². The fourth-order valence-corrected chi connectivity index (χ4v) is 5.08. The summed E-state index contributed by atoms with van der Waals surface area (Å²) in [7, 11) is -4.31. The van der Waals surface area contributed by atoms with Crippen molar-refractivity contribution in [3.8, 4) is 0 Å². The van der Waals surface area contributed by atoms with Gasteiger partial charge in [0.2, 0.25) is 5.91 Å². The second-order valence-electron chi connectivity index (χ2n) is 10.6. The lowest BCUT2D eigenvalue weighted by Crippen LogP contribution is -2.46. The molecule has 0 bridgehead atoms. The van der Waals surface area contributed by atoms with E-state index in [1.54, 1.807) is 0 Å². The van der Waals surface area contributed by atoms with E-state index in [0.29, 0.717) is 12.8 Å². The average Bonchev–Trinajstić information content (AvgIpc) is 2.95. The first kappa shape index (κ1) is 39.7. The van der Waals surface area contributed by atoms with Crippen LogP contribution in [0.2, 0.25) is 0 Å². The molecule has 0 aromatic carbocycles. The topological polar surface area (TPSA) is 131 Å². The van der Waals surface area contributed by atoms with Gasteiger partial charge in [0.1, 0.15) is 0 Å². The molecular formula is C32H61N2O6P. The number of nitrogens with one attached hydrogen (secondary N) is 1. The summed E-state index contributed by atoms with van der Waals surface area (Å²) in [4.78, 5) is 22.4. The first-order valence-corrected chi connectivity index (χ1v) is 17.6. The van der Waals surface area contributed by atoms with Gasteiger partial charge in [0.15, 0.2) is 0 Å². The monoisotopic (exact) mass is 600 g/mol. The highest BCUT2D eigenvalue weighted by molar-refractivity contribution is 7.47. The van der Waals surface area contributed by atoms with Crippen LogP contribution >= 0.6 is 7.82 Å². The molecule has 0 spiro atoms. The zero-order valence-electron chi connectivity index (χ0n) is 26.0. The molecule has 0 aliphatic carbocycles. The molecule has 0 heterocycles. The Balaban J connectivity index is 4.41. The number of rotatable bonds is 29. The van der Waals surface area contributed by atoms with E-state index in [2.05, 4.69) is 55.6 Å². The van der Waals surface area contributed by atoms with Gasteiger partial charge in [-0.15, -0.1) is 0 Å². The SMILES string of the molecule is CC/C=C\C/C=C\C/C=C\CCCCCC(=O)NC(COP(=O)(O)OCCN)C(O)CCCCCCCCCCC. The number of allylic oxidation sites excluding steroid dienone is 6. The molecule has 1 amide bonds. The van der Waals surface area contributed by atoms with E-state index in [9.17, 15) is 19.4 Å². The van der Waals surface area contributed by atoms with Gasteiger partial charge >= 0.3 is 7.82 Å². The Morgan fingerprint density at radius 3 is 2.05 bits per heavy atom. The third-order valence-electron chi connectivity index (χ3n) is 6.76. The predicted octanol–water partition coefficient (Wildman–Crippen LogP) is 7.65. The van der Waals surface area contributed by atoms with E-state index in [-0.39, 0.29) is 25.7 Å². The molecule has 3 atom stereocenters. The van der Waals surface area contributed by atoms with Crippen molar-refractivity contribution in [3.05, 3.63) is 36.5 Å². The second kappa shape index (κ2) is 28.8. The van der Waals surface area contributed by atoms with Crippen LogP contribution in [0, 0.1) is 0 Å². The van der Waals surface area contributed by atoms with Crippen LogP contribution in [0.5, 0.6) is 0 Å². The second-order valence-corrected chi connectivity index (χ2v) is 12.1. The van der Waals surface area contributed by atoms with Gasteiger partial charge in [-0.3, -0.25) is 13.8 Å². The number of phosphoric acid groups is 1. The number of unbranched alkanes of at least 4 members (excludes halogenated alkanes) is 11. The van der Waals surface area contributed by atoms with Gasteiger partial charge in [-0.1, -0.05) is 115 Å². The quantitative estimate of drug-likeness (QED) is 0.0394. The van der Waals surface area contributed by atoms with Crippen molar-refractivity contribution in [3.63, 3.8) is 0 Å². The minimum absolute atomic E-state index is 0.0824. The molecule has 5 N–H and O–H groups in total. The Kier molecular flexibility index (Phi) is 27.9. The highest BCUT2D eigenvalue weighted by atomic mass is 31.2. The van der Waals surface area contributed by atoms with Gasteiger partial charge in [-0.05, 0) is 44.9 Å². The lowest BCUT2D eigenvalue weighted by Gasteiger charge is -2.25. The Labute approximate surface area is 250 Å². The van der Waals surface area contributed by atoms with Crippen molar-refractivity contribution in [2.24, 2.45) is 5.73 Å². The summed E-state index contributed by atoms with van der Waals surface area (Å²) in [6, 6.07) is -0.785. The molecule has 8 nitrogen and oxygen atoms in total. The van der Waals surface area contributed by atoms with Gasteiger partial charge in [0.25, 0.3) is 0 Å². The number of nitrogens with two attached hydrogens (primary N) is 1. The maximum absolute atomic E-state index is 12.6. The number of carbonyl (C=O) groups excluding carboxylic acids is 1. The van der Waals surface area contributed by atoms with E-state index in [1.165, 1.54) is 38.5 Å². The molecule has 0 aromatic heterocycles. The zero-order valence-corrected chi connectivity index (χ0v) is 26.9. The predicted molar refractivity (Wildman–Crippen MR) is 171 cm³/mol. The van der Waals surface area contributed by atoms with Crippen LogP contribution in [0.15, 0.2) is 36.5 Å². The van der Waals surface area contributed by atoms with Crippen molar-refractivity contribution >= 4 is 13.7 Å². The standard InChI is InChI=1S/C32H61N2O6P/c1-3-5-7-9-11-13-14-15-16-18-20-22-24-26-32(36)34-30(29-40-41(37,38)39-28-27-33)31(35)25-23-21-19-17-12-10-8-6-4-2/h5,7,11,13,15-16,30-31,35H,3-4,6,8-10,12,14,17-29,33H2,1-2H3,(H,34,36)(H,37,38)/b7-5-,13-11-,16-15-. The summed E-state index contributed by atoms with van der Waals surface area (Å²) in [5.41, 5.74) is 5.33. The highest BCUT2D eigenvalue weighted by Gasteiger charge is 2.27. The molecule has 9 heteroatoms. The third kappa shape index (κ3) is 27.3. The number of amides is 1. The number of aliphatic hydroxyl groups is 1. The first-order valence-electron chi connectivity index (χ1n) is 16.1. The number of phosphoric ester groups is 1. The summed E-state index contributed by atoms with van der Waals surface area (Å²) < 4.78 is 21.9. The van der Waals surface area contributed by atoms with Gasteiger partial charge in [0.05, 0.1) is 25.4 Å². The maximum atomic E-state index is 12.6. The summed E-state index contributed by atoms with van der Waals surface area (Å²) >= 11 is 0. The molecule has 41 heavy (non-hydrogen) atoms. The van der Waals surface area contributed by atoms with Crippen LogP contribution in [0.1, 0.15) is 129 Å². The molecular weight excluding hydrogens is 539 g/mol. The lowest BCUT2D eigenvalue weighted by molar-refractivity contribution is -0.123. The molecule has 240 valence electrons. The third-order valence-corrected chi connectivity index (χ3v) is 7.74. The van der Waals surface area contributed by atoms with Crippen LogP contribution in [0.25, 0.3) is 0 Å². The Hall–Kier alpha value is -1.28. The van der Waals surface area contributed by atoms with Crippen LogP contribution in [-0.2, 0) is 18.4 Å². The van der Waals surface area contributed by atoms with Crippen molar-refractivity contribution in [1.29, 1.82) is 0 Å². The molecule has 0 radical (unpaired) electrons. The first-order chi connectivity index (χ1) is 19.9. The van der Waals surface area contributed by atoms with Crippen molar-refractivity contribution < 1.29 is 28.4 Å². The summed E-state index contributed by atoms with van der Waals surface area (Å²) in [5.74, 6) is -0.196. The number of hydrogen-bond acceptors (Lipinski definition) is 6. The fraction of sp³-hybridized carbons (Fsp3) is 0.781. The molecule has 0 aromatic rings. The van der Waals surface area contributed by atoms with Crippen molar-refractivity contribution in [1.82, 2.24) is 5.32 Å². The Morgan fingerprint density at radius 1 is 0.829 bits per heavy atom. The van der Waals surface area contributed by atoms with Gasteiger partial charge in [-0.2, -0.15) is 0 Å². The Bertz CT molecular complexity index is 744. The Morgan fingerprint density at radius 2 is 1.41 bits per heavy atom. The molecule has 0 saturated heterocycles. The van der Waals surface area contributed by atoms with Crippen molar-refractivity contribution in [2.75, 3.05) is 19.8 Å². The van der Waals surface area contributed by atoms with E-state index in [1.807, 2.05) is 0 Å². The number of aliphatic hydroxyl groups excluding tert-OH is 1. The maximum Gasteiger partial charge on any atom is 0.472 e. The average molecular weight is 601 g/mol. The summed E-state index contributed by atoms with van der Waals surface area (Å²) in [5, 5.41) is 13.6. The fourth-order valence-electron chi connectivity index (χ4n) is 4.32. The van der Waals surface area contributed by atoms with Gasteiger partial charge < -0.3 is 21.1 Å². The van der Waals surface area contributed by atoms with Gasteiger partial charge in [0, 0.05) is 13.0 Å². The van der Waals surface area contributed by atoms with Crippen molar-refractivity contribution in [2.45, 2.75) is 142 Å². The number of carbonyl (C=O) groups is 1. The van der Waals surface area contributed by atoms with Crippen LogP contribution in [-0.4, -0.2) is 47.8 Å². The number of hydrogen-bond donors (Lipinski definition) is 4. The summed E-state index contributed by atoms with van der Waals surface area (Å²) in [6.07, 6.45) is 30.1. The molecule has 0 saturated carbocycles. The van der Waals surface area contributed by atoms with Crippen LogP contribution in [0.4, 0.5) is 0 Å². The largest absolute Gasteiger partial charge is 0.472 e. The molecule has 3 unspecified atom stereocenters. The molecule has 0 aliphatic heterocycles. The van der Waals surface area contributed by atoms with Crippen LogP contribution in [0.3, 0.4) is 0 Å². The normalized spacial score (nSPS) is 15.1.